The number of morpholine rings is 1. The van der Waals surface area contributed by atoms with Gasteiger partial charge in [-0.3, -0.25) is 9.59 Å². The van der Waals surface area contributed by atoms with Gasteiger partial charge in [0.15, 0.2) is 23.3 Å². The monoisotopic (exact) mass is 500 g/mol. The van der Waals surface area contributed by atoms with E-state index in [-0.39, 0.29) is 44.3 Å². The van der Waals surface area contributed by atoms with E-state index < -0.39 is 30.1 Å². The number of rotatable bonds is 13. The summed E-state index contributed by atoms with van der Waals surface area (Å²) in [5, 5.41) is 5.02. The molecule has 1 saturated heterocycles. The zero-order chi connectivity index (χ0) is 24.3. The third kappa shape index (κ3) is 7.58. The molecule has 1 aromatic heterocycles. The van der Waals surface area contributed by atoms with Crippen LogP contribution >= 0.6 is 11.3 Å². The number of carbonyl (C=O) groups excluding carboxylic acids is 2. The smallest absolute Gasteiger partial charge is 0.258 e. The number of nitrogens with one attached hydrogen (secondary N) is 1. The zero-order valence-corrected chi connectivity index (χ0v) is 19.2. The molecule has 0 unspecified atom stereocenters. The molecule has 10 nitrogen and oxygen atoms in total. The highest BCUT2D eigenvalue weighted by molar-refractivity contribution is 7.14. The van der Waals surface area contributed by atoms with Crippen LogP contribution in [0.15, 0.2) is 17.5 Å². The van der Waals surface area contributed by atoms with E-state index in [2.05, 4.69) is 15.2 Å². The van der Waals surface area contributed by atoms with E-state index in [1.54, 1.807) is 5.38 Å². The van der Waals surface area contributed by atoms with Crippen LogP contribution < -0.4 is 20.7 Å². The van der Waals surface area contributed by atoms with Gasteiger partial charge in [-0.1, -0.05) is 0 Å². The van der Waals surface area contributed by atoms with Gasteiger partial charge in [0.1, 0.15) is 6.61 Å². The van der Waals surface area contributed by atoms with Crippen LogP contribution in [0.25, 0.3) is 11.3 Å². The Balaban J connectivity index is 1.51. The average molecular weight is 501 g/mol. The van der Waals surface area contributed by atoms with Crippen molar-refractivity contribution in [1.29, 1.82) is 0 Å². The Bertz CT molecular complexity index is 971. The Morgan fingerprint density at radius 2 is 1.91 bits per heavy atom. The normalized spacial score (nSPS) is 13.6. The average Bonchev–Trinajstić information content (AvgIpc) is 3.32. The number of nitrogens with two attached hydrogens (primary N) is 1. The van der Waals surface area contributed by atoms with E-state index in [0.717, 1.165) is 11.2 Å². The Morgan fingerprint density at radius 3 is 2.68 bits per heavy atom. The number of carbonyl (C=O) groups is 2. The van der Waals surface area contributed by atoms with Gasteiger partial charge >= 0.3 is 0 Å². The summed E-state index contributed by atoms with van der Waals surface area (Å²) in [4.78, 5) is 29.2. The van der Waals surface area contributed by atoms with Crippen molar-refractivity contribution in [2.45, 2.75) is 0 Å². The molecule has 2 heterocycles. The molecule has 1 aromatic carbocycles. The number of nitrogens with zero attached hydrogens (tertiary/aromatic N) is 2. The number of amides is 2. The van der Waals surface area contributed by atoms with Crippen molar-refractivity contribution in [2.75, 3.05) is 70.8 Å². The topological polar surface area (TPSA) is 125 Å². The molecule has 0 spiro atoms. The lowest BCUT2D eigenvalue weighted by atomic mass is 10.1. The van der Waals surface area contributed by atoms with Crippen LogP contribution in [0.3, 0.4) is 0 Å². The molecule has 186 valence electrons. The number of anilines is 1. The number of aromatic nitrogens is 1. The van der Waals surface area contributed by atoms with Crippen LogP contribution in [-0.4, -0.2) is 82.7 Å². The van der Waals surface area contributed by atoms with Gasteiger partial charge in [-0.05, 0) is 12.1 Å². The Hall–Kier alpha value is -2.87. The summed E-state index contributed by atoms with van der Waals surface area (Å²) in [6, 6.07) is 2.37. The van der Waals surface area contributed by atoms with Crippen molar-refractivity contribution in [3.05, 3.63) is 29.1 Å². The Labute approximate surface area is 198 Å². The quantitative estimate of drug-likeness (QED) is 0.390. The molecule has 1 aliphatic heterocycles. The molecule has 1 fully saturated rings. The van der Waals surface area contributed by atoms with Crippen LogP contribution in [-0.2, 0) is 23.8 Å². The van der Waals surface area contributed by atoms with E-state index in [9.17, 15) is 18.4 Å². The van der Waals surface area contributed by atoms with E-state index >= 15 is 0 Å². The molecule has 1 aliphatic rings. The SMILES string of the molecule is NC(=O)COCCOCCNC(=O)COc1c(-c2csc(N3CCOCC3)n2)ccc(F)c1F. The fraction of sp³-hybridized carbons (Fsp3) is 0.476. The number of ether oxygens (including phenoxy) is 4. The first kappa shape index (κ1) is 25.7. The minimum atomic E-state index is -1.19. The number of halogens is 2. The van der Waals surface area contributed by atoms with E-state index in [4.69, 9.17) is 24.7 Å². The maximum atomic E-state index is 14.5. The second kappa shape index (κ2) is 13.1. The van der Waals surface area contributed by atoms with Crippen molar-refractivity contribution < 1.29 is 37.3 Å². The van der Waals surface area contributed by atoms with Gasteiger partial charge in [-0.15, -0.1) is 11.3 Å². The van der Waals surface area contributed by atoms with Crippen molar-refractivity contribution in [1.82, 2.24) is 10.3 Å². The fourth-order valence-corrected chi connectivity index (χ4v) is 3.89. The molecular formula is C21H26F2N4O6S. The molecule has 0 atom stereocenters. The van der Waals surface area contributed by atoms with Gasteiger partial charge in [0.05, 0.1) is 38.7 Å². The van der Waals surface area contributed by atoms with Crippen LogP contribution in [0.4, 0.5) is 13.9 Å². The van der Waals surface area contributed by atoms with Gasteiger partial charge in [-0.25, -0.2) is 9.37 Å². The largest absolute Gasteiger partial charge is 0.480 e. The number of benzene rings is 1. The molecule has 0 bridgehead atoms. The molecule has 0 saturated carbocycles. The number of hydrogen-bond donors (Lipinski definition) is 2. The highest BCUT2D eigenvalue weighted by Crippen LogP contribution is 2.36. The van der Waals surface area contributed by atoms with Crippen LogP contribution in [0.1, 0.15) is 0 Å². The van der Waals surface area contributed by atoms with Crippen molar-refractivity contribution in [3.63, 3.8) is 0 Å². The van der Waals surface area contributed by atoms with Gasteiger partial charge in [0, 0.05) is 30.6 Å². The molecule has 34 heavy (non-hydrogen) atoms. The highest BCUT2D eigenvalue weighted by Gasteiger charge is 2.21. The summed E-state index contributed by atoms with van der Waals surface area (Å²) in [7, 11) is 0. The summed E-state index contributed by atoms with van der Waals surface area (Å²) < 4.78 is 49.2. The Kier molecular flexibility index (Phi) is 9.94. The van der Waals surface area contributed by atoms with Crippen LogP contribution in [0.5, 0.6) is 5.75 Å². The molecule has 13 heteroatoms. The first-order valence-corrected chi connectivity index (χ1v) is 11.4. The molecule has 2 amide bonds. The Morgan fingerprint density at radius 1 is 1.15 bits per heavy atom. The third-order valence-corrected chi connectivity index (χ3v) is 5.53. The highest BCUT2D eigenvalue weighted by atomic mass is 32.1. The molecule has 0 aliphatic carbocycles. The number of primary amides is 1. The first-order chi connectivity index (χ1) is 16.5. The second-order valence-electron chi connectivity index (χ2n) is 7.12. The fourth-order valence-electron chi connectivity index (χ4n) is 3.01. The zero-order valence-electron chi connectivity index (χ0n) is 18.4. The van der Waals surface area contributed by atoms with Gasteiger partial charge in [0.2, 0.25) is 11.7 Å². The van der Waals surface area contributed by atoms with Crippen LogP contribution in [0, 0.1) is 11.6 Å². The lowest BCUT2D eigenvalue weighted by Gasteiger charge is -2.26. The lowest BCUT2D eigenvalue weighted by molar-refractivity contribution is -0.124. The summed E-state index contributed by atoms with van der Waals surface area (Å²) in [5.74, 6) is -3.76. The minimum absolute atomic E-state index is 0.172. The standard InChI is InChI=1S/C21H26F2N4O6S/c22-15-2-1-14(16-13-34-21(26-16)27-4-7-31-8-5-27)20(19(15)23)33-12-18(29)25-3-6-30-9-10-32-11-17(24)28/h1-2,13H,3-12H2,(H2,24,28)(H,25,29). The van der Waals surface area contributed by atoms with Crippen molar-refractivity contribution in [2.24, 2.45) is 5.73 Å². The predicted octanol–water partition coefficient (Wildman–Crippen LogP) is 0.938. The van der Waals surface area contributed by atoms with Gasteiger partial charge in [-0.2, -0.15) is 4.39 Å². The van der Waals surface area contributed by atoms with Gasteiger partial charge in [0.25, 0.3) is 5.91 Å². The van der Waals surface area contributed by atoms with Crippen molar-refractivity contribution in [3.8, 4) is 17.0 Å². The maximum Gasteiger partial charge on any atom is 0.258 e. The second-order valence-corrected chi connectivity index (χ2v) is 7.96. The van der Waals surface area contributed by atoms with E-state index in [1.807, 2.05) is 0 Å². The molecule has 2 aromatic rings. The first-order valence-electron chi connectivity index (χ1n) is 10.6. The molecule has 3 rings (SSSR count). The minimum Gasteiger partial charge on any atom is -0.480 e. The van der Waals surface area contributed by atoms with Crippen molar-refractivity contribution >= 4 is 28.3 Å². The summed E-state index contributed by atoms with van der Waals surface area (Å²) in [6.45, 7) is 2.64. The molecule has 0 radical (unpaired) electrons. The number of thiazole rings is 1. The summed E-state index contributed by atoms with van der Waals surface area (Å²) >= 11 is 1.38. The maximum absolute atomic E-state index is 14.5. The predicted molar refractivity (Wildman–Crippen MR) is 120 cm³/mol. The van der Waals surface area contributed by atoms with E-state index in [1.165, 1.54) is 17.4 Å². The lowest BCUT2D eigenvalue weighted by Crippen LogP contribution is -2.36. The van der Waals surface area contributed by atoms with Crippen LogP contribution in [0.2, 0.25) is 0 Å². The molecular weight excluding hydrogens is 474 g/mol. The van der Waals surface area contributed by atoms with E-state index in [0.29, 0.717) is 32.0 Å². The summed E-state index contributed by atoms with van der Waals surface area (Å²) in [5.41, 5.74) is 5.61. The number of hydrogen-bond acceptors (Lipinski definition) is 9. The van der Waals surface area contributed by atoms with Gasteiger partial charge < -0.3 is 34.9 Å². The summed E-state index contributed by atoms with van der Waals surface area (Å²) in [6.07, 6.45) is 0. The molecule has 3 N–H and O–H groups in total. The third-order valence-electron chi connectivity index (χ3n) is 4.63.